The number of rotatable bonds is 6. The van der Waals surface area contributed by atoms with Gasteiger partial charge in [-0.15, -0.1) is 0 Å². The summed E-state index contributed by atoms with van der Waals surface area (Å²) >= 11 is 0. The largest absolute Gasteiger partial charge is 0.340 e. The van der Waals surface area contributed by atoms with Crippen molar-refractivity contribution in [3.8, 4) is 0 Å². The summed E-state index contributed by atoms with van der Waals surface area (Å²) < 4.78 is 0. The number of para-hydroxylation sites is 1. The molecule has 33 heavy (non-hydrogen) atoms. The Morgan fingerprint density at radius 3 is 1.76 bits per heavy atom. The van der Waals surface area contributed by atoms with Crippen molar-refractivity contribution in [2.45, 2.75) is 12.5 Å². The van der Waals surface area contributed by atoms with Gasteiger partial charge in [0.25, 0.3) is 0 Å². The summed E-state index contributed by atoms with van der Waals surface area (Å²) in [5, 5.41) is 2.93. The van der Waals surface area contributed by atoms with Crippen LogP contribution in [0.3, 0.4) is 0 Å². The van der Waals surface area contributed by atoms with Gasteiger partial charge in [-0.25, -0.2) is 0 Å². The van der Waals surface area contributed by atoms with Crippen LogP contribution in [-0.2, 0) is 9.59 Å². The van der Waals surface area contributed by atoms with E-state index in [0.717, 1.165) is 18.8 Å². The van der Waals surface area contributed by atoms with Crippen molar-refractivity contribution in [1.82, 2.24) is 9.80 Å². The van der Waals surface area contributed by atoms with Crippen molar-refractivity contribution < 1.29 is 9.59 Å². The van der Waals surface area contributed by atoms with Gasteiger partial charge in [0.15, 0.2) is 0 Å². The van der Waals surface area contributed by atoms with Crippen LogP contribution in [0.15, 0.2) is 91.0 Å². The van der Waals surface area contributed by atoms with Crippen molar-refractivity contribution in [3.63, 3.8) is 0 Å². The maximum absolute atomic E-state index is 13.1. The summed E-state index contributed by atoms with van der Waals surface area (Å²) in [6.07, 6.45) is 0.647. The van der Waals surface area contributed by atoms with E-state index in [-0.39, 0.29) is 29.7 Å². The lowest BCUT2D eigenvalue weighted by Gasteiger charge is -2.40. The van der Waals surface area contributed by atoms with Crippen LogP contribution in [0.4, 0.5) is 5.69 Å². The number of anilines is 1. The predicted molar refractivity (Wildman–Crippen MR) is 130 cm³/mol. The van der Waals surface area contributed by atoms with E-state index in [0.29, 0.717) is 19.5 Å². The number of carbonyl (C=O) groups excluding carboxylic acids is 2. The molecule has 0 aromatic heterocycles. The number of hydrogen-bond donors (Lipinski definition) is 1. The van der Waals surface area contributed by atoms with E-state index in [2.05, 4.69) is 58.7 Å². The fraction of sp³-hybridized carbons (Fsp3) is 0.286. The van der Waals surface area contributed by atoms with Gasteiger partial charge in [-0.3, -0.25) is 14.5 Å². The lowest BCUT2D eigenvalue weighted by atomic mass is 9.96. The quantitative estimate of drug-likeness (QED) is 0.627. The third-order valence-electron chi connectivity index (χ3n) is 6.71. The molecule has 1 aliphatic heterocycles. The molecule has 2 aliphatic rings. The molecule has 1 heterocycles. The second-order valence-corrected chi connectivity index (χ2v) is 8.89. The van der Waals surface area contributed by atoms with E-state index in [1.54, 1.807) is 0 Å². The summed E-state index contributed by atoms with van der Waals surface area (Å²) in [6.45, 7) is 3.01. The second-order valence-electron chi connectivity index (χ2n) is 8.89. The topological polar surface area (TPSA) is 52.7 Å². The van der Waals surface area contributed by atoms with Crippen LogP contribution < -0.4 is 5.32 Å². The Labute approximate surface area is 195 Å². The highest BCUT2D eigenvalue weighted by molar-refractivity contribution is 5.99. The van der Waals surface area contributed by atoms with Gasteiger partial charge in [0, 0.05) is 31.9 Å². The zero-order valence-electron chi connectivity index (χ0n) is 18.6. The normalized spacial score (nSPS) is 20.5. The van der Waals surface area contributed by atoms with Crippen LogP contribution in [-0.4, -0.2) is 47.8 Å². The molecule has 3 aromatic rings. The standard InChI is InChI=1S/C28H29N3O2/c32-27(29-23-14-8-3-9-15-23)24-20-25(24)28(33)31-18-16-30(17-19-31)26(21-10-4-1-5-11-21)22-12-6-2-7-13-22/h1-15,24-26H,16-20H2,(H,29,32). The molecule has 5 heteroatoms. The predicted octanol–water partition coefficient (Wildman–Crippen LogP) is 4.20. The zero-order valence-corrected chi connectivity index (χ0v) is 18.6. The number of carbonyl (C=O) groups is 2. The Morgan fingerprint density at radius 1 is 0.697 bits per heavy atom. The minimum Gasteiger partial charge on any atom is -0.340 e. The molecule has 5 rings (SSSR count). The van der Waals surface area contributed by atoms with Gasteiger partial charge in [0.1, 0.15) is 0 Å². The monoisotopic (exact) mass is 439 g/mol. The molecule has 1 saturated carbocycles. The molecule has 2 atom stereocenters. The number of benzene rings is 3. The second kappa shape index (κ2) is 9.59. The summed E-state index contributed by atoms with van der Waals surface area (Å²) in [6, 6.07) is 30.7. The molecular formula is C28H29N3O2. The van der Waals surface area contributed by atoms with E-state index in [1.807, 2.05) is 47.4 Å². The van der Waals surface area contributed by atoms with Gasteiger partial charge in [-0.05, 0) is 29.7 Å². The van der Waals surface area contributed by atoms with E-state index >= 15 is 0 Å². The Hall–Kier alpha value is -3.44. The van der Waals surface area contributed by atoms with Gasteiger partial charge in [-0.2, -0.15) is 0 Å². The molecule has 1 N–H and O–H groups in total. The van der Waals surface area contributed by atoms with Crippen LogP contribution in [0.1, 0.15) is 23.6 Å². The molecule has 5 nitrogen and oxygen atoms in total. The van der Waals surface area contributed by atoms with E-state index in [4.69, 9.17) is 0 Å². The number of nitrogens with zero attached hydrogens (tertiary/aromatic N) is 2. The van der Waals surface area contributed by atoms with E-state index in [9.17, 15) is 9.59 Å². The van der Waals surface area contributed by atoms with Crippen LogP contribution >= 0.6 is 0 Å². The SMILES string of the molecule is O=C(Nc1ccccc1)C1CC1C(=O)N1CCN(C(c2ccccc2)c2ccccc2)CC1. The molecule has 0 radical (unpaired) electrons. The number of nitrogens with one attached hydrogen (secondary N) is 1. The lowest BCUT2D eigenvalue weighted by molar-refractivity contribution is -0.136. The lowest BCUT2D eigenvalue weighted by Crippen LogP contribution is -2.50. The van der Waals surface area contributed by atoms with Crippen molar-refractivity contribution in [2.24, 2.45) is 11.8 Å². The maximum Gasteiger partial charge on any atom is 0.228 e. The van der Waals surface area contributed by atoms with Gasteiger partial charge in [-0.1, -0.05) is 78.9 Å². The van der Waals surface area contributed by atoms with Crippen molar-refractivity contribution in [1.29, 1.82) is 0 Å². The van der Waals surface area contributed by atoms with Crippen LogP contribution in [0, 0.1) is 11.8 Å². The van der Waals surface area contributed by atoms with E-state index < -0.39 is 0 Å². The highest BCUT2D eigenvalue weighted by Crippen LogP contribution is 2.41. The van der Waals surface area contributed by atoms with Gasteiger partial charge < -0.3 is 10.2 Å². The Kier molecular flexibility index (Phi) is 6.22. The van der Waals surface area contributed by atoms with Crippen molar-refractivity contribution in [3.05, 3.63) is 102 Å². The average Bonchev–Trinajstić information content (AvgIpc) is 3.68. The molecule has 0 spiro atoms. The van der Waals surface area contributed by atoms with Gasteiger partial charge >= 0.3 is 0 Å². The molecule has 1 aliphatic carbocycles. The Balaban J connectivity index is 1.20. The van der Waals surface area contributed by atoms with Crippen LogP contribution in [0.2, 0.25) is 0 Å². The van der Waals surface area contributed by atoms with Crippen molar-refractivity contribution in [2.75, 3.05) is 31.5 Å². The average molecular weight is 440 g/mol. The highest BCUT2D eigenvalue weighted by atomic mass is 16.2. The first-order valence-corrected chi connectivity index (χ1v) is 11.7. The number of amides is 2. The Morgan fingerprint density at radius 2 is 1.21 bits per heavy atom. The molecule has 168 valence electrons. The van der Waals surface area contributed by atoms with Gasteiger partial charge in [0.05, 0.1) is 17.9 Å². The summed E-state index contributed by atoms with van der Waals surface area (Å²) in [7, 11) is 0. The third kappa shape index (κ3) is 4.83. The molecule has 2 amide bonds. The minimum atomic E-state index is -0.211. The minimum absolute atomic E-state index is 0.0496. The molecule has 2 unspecified atom stereocenters. The molecular weight excluding hydrogens is 410 g/mol. The van der Waals surface area contributed by atoms with Crippen LogP contribution in [0.25, 0.3) is 0 Å². The van der Waals surface area contributed by atoms with Crippen LogP contribution in [0.5, 0.6) is 0 Å². The number of piperazine rings is 1. The molecule has 0 bridgehead atoms. The summed E-state index contributed by atoms with van der Waals surface area (Å²) in [4.78, 5) is 30.0. The fourth-order valence-electron chi connectivity index (χ4n) is 4.83. The molecule has 1 saturated heterocycles. The third-order valence-corrected chi connectivity index (χ3v) is 6.71. The molecule has 2 fully saturated rings. The maximum atomic E-state index is 13.1. The Bertz CT molecular complexity index is 1040. The first-order valence-electron chi connectivity index (χ1n) is 11.7. The molecule has 3 aromatic carbocycles. The van der Waals surface area contributed by atoms with Crippen molar-refractivity contribution >= 4 is 17.5 Å². The first kappa shape index (κ1) is 21.4. The first-order chi connectivity index (χ1) is 16.2. The van der Waals surface area contributed by atoms with E-state index in [1.165, 1.54) is 11.1 Å². The smallest absolute Gasteiger partial charge is 0.228 e. The highest BCUT2D eigenvalue weighted by Gasteiger charge is 2.49. The summed E-state index contributed by atoms with van der Waals surface area (Å²) in [5.41, 5.74) is 3.31. The summed E-state index contributed by atoms with van der Waals surface area (Å²) in [5.74, 6) is -0.318. The number of hydrogen-bond acceptors (Lipinski definition) is 3. The fourth-order valence-corrected chi connectivity index (χ4v) is 4.83. The van der Waals surface area contributed by atoms with Gasteiger partial charge in [0.2, 0.25) is 11.8 Å². The zero-order chi connectivity index (χ0) is 22.6.